The standard InChI is InChI=1S/C13H29NO/c1-12(2)7-6-9-15-10-8-14-11-13(3,4)5/h12,14H,6-11H2,1-5H3. The summed E-state index contributed by atoms with van der Waals surface area (Å²) in [4.78, 5) is 0. The van der Waals surface area contributed by atoms with Gasteiger partial charge in [-0.05, 0) is 24.2 Å². The third-order valence-corrected chi connectivity index (χ3v) is 2.15. The fourth-order valence-corrected chi connectivity index (χ4v) is 1.30. The maximum Gasteiger partial charge on any atom is 0.0590 e. The molecule has 15 heavy (non-hydrogen) atoms. The van der Waals surface area contributed by atoms with Crippen molar-refractivity contribution >= 4 is 0 Å². The first kappa shape index (κ1) is 14.9. The zero-order chi connectivity index (χ0) is 11.7. The van der Waals surface area contributed by atoms with Gasteiger partial charge in [0.2, 0.25) is 0 Å². The number of nitrogens with one attached hydrogen (secondary N) is 1. The van der Waals surface area contributed by atoms with Crippen LogP contribution in [0.25, 0.3) is 0 Å². The molecule has 0 saturated carbocycles. The normalized spacial score (nSPS) is 12.4. The quantitative estimate of drug-likeness (QED) is 0.628. The molecule has 0 fully saturated rings. The van der Waals surface area contributed by atoms with Crippen molar-refractivity contribution in [2.45, 2.75) is 47.5 Å². The second-order valence-corrected chi connectivity index (χ2v) is 5.89. The van der Waals surface area contributed by atoms with E-state index >= 15 is 0 Å². The van der Waals surface area contributed by atoms with Crippen molar-refractivity contribution in [3.05, 3.63) is 0 Å². The molecule has 0 heterocycles. The molecule has 0 aromatic rings. The minimum absolute atomic E-state index is 0.373. The van der Waals surface area contributed by atoms with Crippen molar-refractivity contribution in [1.29, 1.82) is 0 Å². The molecule has 0 unspecified atom stereocenters. The summed E-state index contributed by atoms with van der Waals surface area (Å²) in [6, 6.07) is 0. The summed E-state index contributed by atoms with van der Waals surface area (Å²) in [5.74, 6) is 0.799. The Balaban J connectivity index is 3.06. The second-order valence-electron chi connectivity index (χ2n) is 5.89. The van der Waals surface area contributed by atoms with Crippen LogP contribution in [0.2, 0.25) is 0 Å². The van der Waals surface area contributed by atoms with Crippen LogP contribution < -0.4 is 5.32 Å². The smallest absolute Gasteiger partial charge is 0.0590 e. The topological polar surface area (TPSA) is 21.3 Å². The molecule has 0 aliphatic heterocycles. The van der Waals surface area contributed by atoms with Crippen LogP contribution in [0.5, 0.6) is 0 Å². The Morgan fingerprint density at radius 3 is 2.33 bits per heavy atom. The molecule has 0 amide bonds. The van der Waals surface area contributed by atoms with Crippen LogP contribution in [0.15, 0.2) is 0 Å². The Kier molecular flexibility index (Phi) is 8.07. The summed E-state index contributed by atoms with van der Waals surface area (Å²) in [5.41, 5.74) is 0.373. The highest BCUT2D eigenvalue weighted by molar-refractivity contribution is 4.64. The zero-order valence-electron chi connectivity index (χ0n) is 11.2. The number of ether oxygens (including phenoxy) is 1. The fraction of sp³-hybridized carbons (Fsp3) is 1.00. The van der Waals surface area contributed by atoms with Gasteiger partial charge in [0.25, 0.3) is 0 Å². The van der Waals surface area contributed by atoms with Crippen LogP contribution in [-0.4, -0.2) is 26.3 Å². The lowest BCUT2D eigenvalue weighted by Gasteiger charge is -2.18. The third kappa shape index (κ3) is 13.9. The molecular weight excluding hydrogens is 186 g/mol. The third-order valence-electron chi connectivity index (χ3n) is 2.15. The van der Waals surface area contributed by atoms with Gasteiger partial charge in [-0.1, -0.05) is 34.6 Å². The molecule has 92 valence electrons. The summed E-state index contributed by atoms with van der Waals surface area (Å²) >= 11 is 0. The van der Waals surface area contributed by atoms with Crippen molar-refractivity contribution in [3.8, 4) is 0 Å². The van der Waals surface area contributed by atoms with Crippen LogP contribution in [0.3, 0.4) is 0 Å². The van der Waals surface area contributed by atoms with Crippen LogP contribution in [0, 0.1) is 11.3 Å². The lowest BCUT2D eigenvalue weighted by molar-refractivity contribution is 0.128. The van der Waals surface area contributed by atoms with E-state index in [-0.39, 0.29) is 0 Å². The van der Waals surface area contributed by atoms with Gasteiger partial charge in [-0.15, -0.1) is 0 Å². The Morgan fingerprint density at radius 2 is 1.80 bits per heavy atom. The first-order chi connectivity index (χ1) is 6.92. The Labute approximate surface area is 95.8 Å². The van der Waals surface area contributed by atoms with E-state index in [4.69, 9.17) is 4.74 Å². The number of hydrogen-bond acceptors (Lipinski definition) is 2. The highest BCUT2D eigenvalue weighted by Gasteiger charge is 2.07. The highest BCUT2D eigenvalue weighted by atomic mass is 16.5. The highest BCUT2D eigenvalue weighted by Crippen LogP contribution is 2.09. The van der Waals surface area contributed by atoms with Crippen LogP contribution in [-0.2, 0) is 4.74 Å². The maximum atomic E-state index is 5.54. The van der Waals surface area contributed by atoms with E-state index in [2.05, 4.69) is 39.9 Å². The van der Waals surface area contributed by atoms with Crippen molar-refractivity contribution in [3.63, 3.8) is 0 Å². The summed E-state index contributed by atoms with van der Waals surface area (Å²) in [6.07, 6.45) is 2.46. The van der Waals surface area contributed by atoms with Crippen molar-refractivity contribution in [2.24, 2.45) is 11.3 Å². The van der Waals surface area contributed by atoms with E-state index < -0.39 is 0 Å². The van der Waals surface area contributed by atoms with Gasteiger partial charge in [0.15, 0.2) is 0 Å². The molecule has 2 heteroatoms. The van der Waals surface area contributed by atoms with Gasteiger partial charge in [0.05, 0.1) is 6.61 Å². The molecule has 0 bridgehead atoms. The molecule has 0 rings (SSSR count). The SMILES string of the molecule is CC(C)CCCOCCNCC(C)(C)C. The summed E-state index contributed by atoms with van der Waals surface area (Å²) in [5, 5.41) is 3.40. The molecule has 2 nitrogen and oxygen atoms in total. The summed E-state index contributed by atoms with van der Waals surface area (Å²) < 4.78 is 5.54. The molecule has 0 saturated heterocycles. The zero-order valence-corrected chi connectivity index (χ0v) is 11.2. The van der Waals surface area contributed by atoms with Crippen LogP contribution in [0.4, 0.5) is 0 Å². The van der Waals surface area contributed by atoms with Gasteiger partial charge >= 0.3 is 0 Å². The maximum absolute atomic E-state index is 5.54. The molecule has 0 aliphatic rings. The van der Waals surface area contributed by atoms with Gasteiger partial charge in [-0.2, -0.15) is 0 Å². The van der Waals surface area contributed by atoms with Gasteiger partial charge in [-0.3, -0.25) is 0 Å². The molecule has 0 aromatic heterocycles. The van der Waals surface area contributed by atoms with Gasteiger partial charge in [-0.25, -0.2) is 0 Å². The molecular formula is C13H29NO. The second kappa shape index (κ2) is 8.12. The largest absolute Gasteiger partial charge is 0.380 e. The predicted molar refractivity (Wildman–Crippen MR) is 67.2 cm³/mol. The molecule has 0 aliphatic carbocycles. The van der Waals surface area contributed by atoms with E-state index in [0.717, 1.165) is 32.2 Å². The summed E-state index contributed by atoms with van der Waals surface area (Å²) in [7, 11) is 0. The van der Waals surface area contributed by atoms with Crippen molar-refractivity contribution < 1.29 is 4.74 Å². The first-order valence-electron chi connectivity index (χ1n) is 6.20. The molecule has 0 spiro atoms. The fourth-order valence-electron chi connectivity index (χ4n) is 1.30. The molecule has 0 aromatic carbocycles. The van der Waals surface area contributed by atoms with E-state index in [9.17, 15) is 0 Å². The van der Waals surface area contributed by atoms with Crippen molar-refractivity contribution in [2.75, 3.05) is 26.3 Å². The minimum Gasteiger partial charge on any atom is -0.380 e. The van der Waals surface area contributed by atoms with Crippen LogP contribution >= 0.6 is 0 Å². The predicted octanol–water partition coefficient (Wildman–Crippen LogP) is 3.07. The average Bonchev–Trinajstić information content (AvgIpc) is 2.07. The molecule has 1 N–H and O–H groups in total. The Hall–Kier alpha value is -0.0800. The number of hydrogen-bond donors (Lipinski definition) is 1. The molecule has 0 atom stereocenters. The molecule has 0 radical (unpaired) electrons. The Morgan fingerprint density at radius 1 is 1.13 bits per heavy atom. The van der Waals surface area contributed by atoms with Gasteiger partial charge in [0, 0.05) is 19.7 Å². The lowest BCUT2D eigenvalue weighted by atomic mass is 9.97. The van der Waals surface area contributed by atoms with E-state index in [0.29, 0.717) is 5.41 Å². The van der Waals surface area contributed by atoms with Gasteiger partial charge in [0.1, 0.15) is 0 Å². The summed E-state index contributed by atoms with van der Waals surface area (Å²) in [6.45, 7) is 15.0. The lowest BCUT2D eigenvalue weighted by Crippen LogP contribution is -2.29. The van der Waals surface area contributed by atoms with Crippen LogP contribution in [0.1, 0.15) is 47.5 Å². The number of rotatable bonds is 8. The van der Waals surface area contributed by atoms with Crippen molar-refractivity contribution in [1.82, 2.24) is 5.32 Å². The van der Waals surface area contributed by atoms with E-state index in [1.165, 1.54) is 12.8 Å². The van der Waals surface area contributed by atoms with E-state index in [1.54, 1.807) is 0 Å². The Bertz CT molecular complexity index is 138. The van der Waals surface area contributed by atoms with Gasteiger partial charge < -0.3 is 10.1 Å². The van der Waals surface area contributed by atoms with E-state index in [1.807, 2.05) is 0 Å². The average molecular weight is 215 g/mol. The first-order valence-corrected chi connectivity index (χ1v) is 6.20. The minimum atomic E-state index is 0.373. The monoisotopic (exact) mass is 215 g/mol.